The number of amides is 1. The topological polar surface area (TPSA) is 46.3 Å². The number of likely N-dealkylation sites (tertiary alicyclic amines) is 1. The Labute approximate surface area is 150 Å². The lowest BCUT2D eigenvalue weighted by atomic mass is 9.68. The smallest absolute Gasteiger partial charge is 0.233 e. The molecule has 1 saturated heterocycles. The Morgan fingerprint density at radius 1 is 1.25 bits per heavy atom. The summed E-state index contributed by atoms with van der Waals surface area (Å²) in [5.41, 5.74) is 6.78. The predicted octanol–water partition coefficient (Wildman–Crippen LogP) is 4.13. The van der Waals surface area contributed by atoms with E-state index in [-0.39, 0.29) is 11.5 Å². The summed E-state index contributed by atoms with van der Waals surface area (Å²) < 4.78 is 0. The highest BCUT2D eigenvalue weighted by molar-refractivity contribution is 6.30. The van der Waals surface area contributed by atoms with E-state index in [1.807, 2.05) is 18.2 Å². The first-order valence-corrected chi connectivity index (χ1v) is 9.72. The number of rotatable bonds is 3. The Kier molecular flexibility index (Phi) is 5.51. The third kappa shape index (κ3) is 3.48. The normalized spacial score (nSPS) is 23.0. The predicted molar refractivity (Wildman–Crippen MR) is 99.2 cm³/mol. The molecule has 1 amide bonds. The number of carbonyl (C=O) groups is 1. The van der Waals surface area contributed by atoms with E-state index in [2.05, 4.69) is 17.9 Å². The van der Waals surface area contributed by atoms with Crippen LogP contribution in [0.25, 0.3) is 0 Å². The lowest BCUT2D eigenvalue weighted by molar-refractivity contribution is -0.140. The van der Waals surface area contributed by atoms with Crippen molar-refractivity contribution in [3.8, 4) is 0 Å². The molecule has 2 N–H and O–H groups in total. The summed E-state index contributed by atoms with van der Waals surface area (Å²) in [6.07, 6.45) is 7.40. The van der Waals surface area contributed by atoms with Crippen molar-refractivity contribution in [1.29, 1.82) is 0 Å². The first kappa shape index (κ1) is 17.8. The lowest BCUT2D eigenvalue weighted by Gasteiger charge is -2.43. The zero-order valence-electron chi connectivity index (χ0n) is 14.6. The fourth-order valence-electron chi connectivity index (χ4n) is 4.50. The maximum absolute atomic E-state index is 13.5. The van der Waals surface area contributed by atoms with Gasteiger partial charge in [-0.1, -0.05) is 43.0 Å². The zero-order valence-corrected chi connectivity index (χ0v) is 15.4. The number of nitrogens with zero attached hydrogens (tertiary/aromatic N) is 1. The molecular weight excluding hydrogens is 320 g/mol. The minimum atomic E-state index is -0.371. The van der Waals surface area contributed by atoms with Gasteiger partial charge >= 0.3 is 0 Å². The number of benzene rings is 1. The summed E-state index contributed by atoms with van der Waals surface area (Å²) in [7, 11) is 0. The Hall–Kier alpha value is -1.06. The van der Waals surface area contributed by atoms with E-state index in [1.165, 1.54) is 6.42 Å². The quantitative estimate of drug-likeness (QED) is 0.892. The van der Waals surface area contributed by atoms with Gasteiger partial charge < -0.3 is 10.6 Å². The summed E-state index contributed by atoms with van der Waals surface area (Å²) in [4.78, 5) is 15.6. The van der Waals surface area contributed by atoms with E-state index < -0.39 is 0 Å². The van der Waals surface area contributed by atoms with Crippen LogP contribution in [0.4, 0.5) is 0 Å². The van der Waals surface area contributed by atoms with Gasteiger partial charge in [-0.25, -0.2) is 0 Å². The molecule has 0 bridgehead atoms. The molecule has 2 fully saturated rings. The van der Waals surface area contributed by atoms with Gasteiger partial charge in [0.2, 0.25) is 5.91 Å². The van der Waals surface area contributed by atoms with E-state index in [1.54, 1.807) is 0 Å². The standard InChI is InChI=1S/C20H29ClN2O/c1-15(22)16-8-12-23(13-9-16)19(24)20(10-3-2-4-11-20)17-6-5-7-18(21)14-17/h5-7,14-16H,2-4,8-13,22H2,1H3. The van der Waals surface area contributed by atoms with E-state index in [4.69, 9.17) is 17.3 Å². The van der Waals surface area contributed by atoms with Crippen molar-refractivity contribution < 1.29 is 4.79 Å². The van der Waals surface area contributed by atoms with Crippen LogP contribution in [0.5, 0.6) is 0 Å². The minimum absolute atomic E-state index is 0.221. The van der Waals surface area contributed by atoms with Crippen molar-refractivity contribution >= 4 is 17.5 Å². The molecule has 1 atom stereocenters. The van der Waals surface area contributed by atoms with Gasteiger partial charge in [-0.05, 0) is 56.2 Å². The van der Waals surface area contributed by atoms with Gasteiger partial charge in [-0.3, -0.25) is 4.79 Å². The largest absolute Gasteiger partial charge is 0.342 e. The number of hydrogen-bond acceptors (Lipinski definition) is 2. The molecule has 0 spiro atoms. The fourth-order valence-corrected chi connectivity index (χ4v) is 4.69. The monoisotopic (exact) mass is 348 g/mol. The molecule has 0 aromatic heterocycles. The van der Waals surface area contributed by atoms with Crippen LogP contribution in [0.2, 0.25) is 5.02 Å². The minimum Gasteiger partial charge on any atom is -0.342 e. The van der Waals surface area contributed by atoms with Gasteiger partial charge in [0.15, 0.2) is 0 Å². The van der Waals surface area contributed by atoms with Gasteiger partial charge in [-0.2, -0.15) is 0 Å². The molecule has 24 heavy (non-hydrogen) atoms. The van der Waals surface area contributed by atoms with Crippen molar-refractivity contribution in [3.05, 3.63) is 34.9 Å². The van der Waals surface area contributed by atoms with Crippen molar-refractivity contribution in [2.45, 2.75) is 63.3 Å². The highest BCUT2D eigenvalue weighted by atomic mass is 35.5. The molecule has 3 nitrogen and oxygen atoms in total. The zero-order chi connectivity index (χ0) is 17.2. The fraction of sp³-hybridized carbons (Fsp3) is 0.650. The molecule has 1 saturated carbocycles. The van der Waals surface area contributed by atoms with Crippen LogP contribution in [0.1, 0.15) is 57.4 Å². The molecular formula is C20H29ClN2O. The molecule has 4 heteroatoms. The number of nitrogens with two attached hydrogens (primary N) is 1. The molecule has 1 heterocycles. The lowest BCUT2D eigenvalue weighted by Crippen LogP contribution is -2.51. The summed E-state index contributed by atoms with van der Waals surface area (Å²) in [6.45, 7) is 3.76. The average molecular weight is 349 g/mol. The SMILES string of the molecule is CC(N)C1CCN(C(=O)C2(c3cccc(Cl)c3)CCCCC2)CC1. The number of hydrogen-bond donors (Lipinski definition) is 1. The number of carbonyl (C=O) groups excluding carboxylic acids is 1. The van der Waals surface area contributed by atoms with E-state index in [0.29, 0.717) is 11.8 Å². The molecule has 1 aliphatic carbocycles. The van der Waals surface area contributed by atoms with Crippen LogP contribution in [-0.2, 0) is 10.2 Å². The van der Waals surface area contributed by atoms with Crippen LogP contribution in [0, 0.1) is 5.92 Å². The summed E-state index contributed by atoms with van der Waals surface area (Å²) in [5.74, 6) is 0.857. The third-order valence-electron chi connectivity index (χ3n) is 6.06. The van der Waals surface area contributed by atoms with Crippen molar-refractivity contribution in [2.24, 2.45) is 11.7 Å². The van der Waals surface area contributed by atoms with Crippen LogP contribution < -0.4 is 5.73 Å². The molecule has 1 unspecified atom stereocenters. The Morgan fingerprint density at radius 3 is 2.50 bits per heavy atom. The highest BCUT2D eigenvalue weighted by Gasteiger charge is 2.44. The van der Waals surface area contributed by atoms with Crippen LogP contribution in [-0.4, -0.2) is 29.9 Å². The molecule has 0 radical (unpaired) electrons. The van der Waals surface area contributed by atoms with Crippen molar-refractivity contribution in [1.82, 2.24) is 4.90 Å². The molecule has 3 rings (SSSR count). The molecule has 132 valence electrons. The third-order valence-corrected chi connectivity index (χ3v) is 6.30. The molecule has 1 aliphatic heterocycles. The van der Waals surface area contributed by atoms with Crippen LogP contribution in [0.15, 0.2) is 24.3 Å². The van der Waals surface area contributed by atoms with Gasteiger partial charge in [0, 0.05) is 24.2 Å². The summed E-state index contributed by atoms with van der Waals surface area (Å²) >= 11 is 6.23. The van der Waals surface area contributed by atoms with E-state index >= 15 is 0 Å². The van der Waals surface area contributed by atoms with Crippen molar-refractivity contribution in [2.75, 3.05) is 13.1 Å². The second-order valence-electron chi connectivity index (χ2n) is 7.64. The maximum atomic E-state index is 13.5. The second-order valence-corrected chi connectivity index (χ2v) is 8.08. The summed E-state index contributed by atoms with van der Waals surface area (Å²) in [6, 6.07) is 8.17. The van der Waals surface area contributed by atoms with Crippen LogP contribution in [0.3, 0.4) is 0 Å². The Bertz CT molecular complexity index is 573. The number of piperidine rings is 1. The highest BCUT2D eigenvalue weighted by Crippen LogP contribution is 2.42. The first-order chi connectivity index (χ1) is 11.5. The van der Waals surface area contributed by atoms with Gasteiger partial charge in [0.05, 0.1) is 5.41 Å². The summed E-state index contributed by atoms with van der Waals surface area (Å²) in [5, 5.41) is 0.723. The molecule has 1 aromatic rings. The molecule has 1 aromatic carbocycles. The Morgan fingerprint density at radius 2 is 1.92 bits per heavy atom. The maximum Gasteiger partial charge on any atom is 0.233 e. The van der Waals surface area contributed by atoms with Crippen molar-refractivity contribution in [3.63, 3.8) is 0 Å². The van der Waals surface area contributed by atoms with Gasteiger partial charge in [0.1, 0.15) is 0 Å². The Balaban J connectivity index is 1.83. The van der Waals surface area contributed by atoms with Gasteiger partial charge in [0.25, 0.3) is 0 Å². The first-order valence-electron chi connectivity index (χ1n) is 9.34. The van der Waals surface area contributed by atoms with Crippen LogP contribution >= 0.6 is 11.6 Å². The molecule has 2 aliphatic rings. The second kappa shape index (κ2) is 7.45. The van der Waals surface area contributed by atoms with E-state index in [9.17, 15) is 4.79 Å². The van der Waals surface area contributed by atoms with E-state index in [0.717, 1.165) is 62.2 Å². The average Bonchev–Trinajstić information content (AvgIpc) is 2.62. The number of halogens is 1. The van der Waals surface area contributed by atoms with Gasteiger partial charge in [-0.15, -0.1) is 0 Å².